The van der Waals surface area contributed by atoms with Gasteiger partial charge >= 0.3 is 5.97 Å². The lowest BCUT2D eigenvalue weighted by molar-refractivity contribution is -0.140. The zero-order valence-electron chi connectivity index (χ0n) is 24.4. The monoisotopic (exact) mass is 549 g/mol. The Balaban J connectivity index is 1.79. The topological polar surface area (TPSA) is 92.3 Å². The summed E-state index contributed by atoms with van der Waals surface area (Å²) in [5.74, 6) is 1.47. The van der Waals surface area contributed by atoms with Gasteiger partial charge in [0, 0.05) is 29.3 Å². The number of esters is 1. The van der Waals surface area contributed by atoms with Gasteiger partial charge in [-0.2, -0.15) is 0 Å². The molecule has 0 saturated heterocycles. The van der Waals surface area contributed by atoms with Crippen molar-refractivity contribution < 1.29 is 33.3 Å². The van der Waals surface area contributed by atoms with Crippen LogP contribution in [0.1, 0.15) is 63.5 Å². The van der Waals surface area contributed by atoms with E-state index in [4.69, 9.17) is 23.7 Å². The summed E-state index contributed by atoms with van der Waals surface area (Å²) in [5.41, 5.74) is 4.26. The van der Waals surface area contributed by atoms with Crippen LogP contribution in [-0.2, 0) is 14.3 Å². The lowest BCUT2D eigenvalue weighted by atomic mass is 9.71. The second-order valence-corrected chi connectivity index (χ2v) is 10.5. The first-order chi connectivity index (χ1) is 19.2. The van der Waals surface area contributed by atoms with E-state index >= 15 is 0 Å². The summed E-state index contributed by atoms with van der Waals surface area (Å²) < 4.78 is 27.9. The fourth-order valence-electron chi connectivity index (χ4n) is 5.44. The Hall–Kier alpha value is -3.94. The molecule has 0 spiro atoms. The van der Waals surface area contributed by atoms with Crippen LogP contribution in [0.2, 0.25) is 0 Å². The van der Waals surface area contributed by atoms with Crippen LogP contribution in [0, 0.1) is 5.92 Å². The normalized spacial score (nSPS) is 18.8. The van der Waals surface area contributed by atoms with E-state index in [1.807, 2.05) is 64.1 Å². The molecular weight excluding hydrogens is 510 g/mol. The van der Waals surface area contributed by atoms with Crippen molar-refractivity contribution in [1.82, 2.24) is 5.32 Å². The van der Waals surface area contributed by atoms with Gasteiger partial charge in [0.1, 0.15) is 0 Å². The van der Waals surface area contributed by atoms with E-state index in [1.54, 1.807) is 21.3 Å². The lowest BCUT2D eigenvalue weighted by Gasteiger charge is -2.37. The van der Waals surface area contributed by atoms with E-state index < -0.39 is 11.9 Å². The molecule has 2 aromatic rings. The summed E-state index contributed by atoms with van der Waals surface area (Å²) in [4.78, 5) is 27.4. The molecule has 1 N–H and O–H groups in total. The van der Waals surface area contributed by atoms with E-state index in [2.05, 4.69) is 5.32 Å². The SMILES string of the molecule is CCOc1ccc([C@H]2C(C(=O)OCC(C)C)=C(C)NC3=C2C(=O)C[C@H](c2ccc(OC)c(OC)c2)C3)cc1OC. The van der Waals surface area contributed by atoms with Gasteiger partial charge in [-0.15, -0.1) is 0 Å². The molecule has 0 fully saturated rings. The molecule has 1 heterocycles. The fourth-order valence-corrected chi connectivity index (χ4v) is 5.44. The maximum atomic E-state index is 14.0. The van der Waals surface area contributed by atoms with Crippen LogP contribution in [0.3, 0.4) is 0 Å². The minimum absolute atomic E-state index is 0.0203. The van der Waals surface area contributed by atoms with Crippen molar-refractivity contribution in [3.8, 4) is 23.0 Å². The van der Waals surface area contributed by atoms with Gasteiger partial charge in [-0.3, -0.25) is 4.79 Å². The summed E-state index contributed by atoms with van der Waals surface area (Å²) >= 11 is 0. The minimum Gasteiger partial charge on any atom is -0.493 e. The highest BCUT2D eigenvalue weighted by Gasteiger charge is 2.42. The Kier molecular flexibility index (Phi) is 9.07. The number of methoxy groups -OCH3 is 3. The van der Waals surface area contributed by atoms with Crippen LogP contribution in [0.4, 0.5) is 0 Å². The van der Waals surface area contributed by atoms with Gasteiger partial charge < -0.3 is 29.0 Å². The molecule has 4 rings (SSSR count). The first-order valence-electron chi connectivity index (χ1n) is 13.7. The molecule has 8 nitrogen and oxygen atoms in total. The molecule has 214 valence electrons. The highest BCUT2D eigenvalue weighted by molar-refractivity contribution is 6.04. The van der Waals surface area contributed by atoms with E-state index in [9.17, 15) is 9.59 Å². The van der Waals surface area contributed by atoms with Crippen LogP contribution >= 0.6 is 0 Å². The van der Waals surface area contributed by atoms with E-state index in [0.29, 0.717) is 59.3 Å². The highest BCUT2D eigenvalue weighted by Crippen LogP contribution is 2.47. The van der Waals surface area contributed by atoms with Crippen molar-refractivity contribution in [3.05, 3.63) is 70.1 Å². The maximum Gasteiger partial charge on any atom is 0.336 e. The van der Waals surface area contributed by atoms with E-state index in [0.717, 1.165) is 16.8 Å². The quantitative estimate of drug-likeness (QED) is 0.379. The molecule has 2 aliphatic rings. The second-order valence-electron chi connectivity index (χ2n) is 10.5. The largest absolute Gasteiger partial charge is 0.493 e. The third-order valence-corrected chi connectivity index (χ3v) is 7.30. The van der Waals surface area contributed by atoms with Gasteiger partial charge in [-0.25, -0.2) is 4.79 Å². The zero-order valence-corrected chi connectivity index (χ0v) is 24.4. The molecule has 0 aromatic heterocycles. The third kappa shape index (κ3) is 5.81. The molecule has 1 aliphatic carbocycles. The standard InChI is InChI=1S/C32H39NO7/c1-8-39-26-12-10-21(16-28(26)38-7)30-29(32(35)40-17-18(2)3)19(4)33-23-13-22(14-24(34)31(23)30)20-9-11-25(36-5)27(15-20)37-6/h9-12,15-16,18,22,30,33H,8,13-14,17H2,1-7H3/t22-,30+/m1/s1. The Morgan fingerprint density at radius 2 is 1.55 bits per heavy atom. The van der Waals surface area contributed by atoms with Crippen LogP contribution in [0.5, 0.6) is 23.0 Å². The van der Waals surface area contributed by atoms with Gasteiger partial charge in [-0.1, -0.05) is 26.0 Å². The van der Waals surface area contributed by atoms with Crippen molar-refractivity contribution in [2.24, 2.45) is 5.92 Å². The van der Waals surface area contributed by atoms with Crippen molar-refractivity contribution in [1.29, 1.82) is 0 Å². The van der Waals surface area contributed by atoms with Gasteiger partial charge in [0.2, 0.25) is 0 Å². The number of allylic oxidation sites excluding steroid dienone is 3. The number of dihydropyridines is 1. The third-order valence-electron chi connectivity index (χ3n) is 7.30. The number of hydrogen-bond donors (Lipinski definition) is 1. The van der Waals surface area contributed by atoms with Gasteiger partial charge in [0.05, 0.1) is 40.1 Å². The number of hydrogen-bond acceptors (Lipinski definition) is 8. The maximum absolute atomic E-state index is 14.0. The first-order valence-corrected chi connectivity index (χ1v) is 13.7. The van der Waals surface area contributed by atoms with Crippen LogP contribution in [-0.4, -0.2) is 46.3 Å². The van der Waals surface area contributed by atoms with Gasteiger partial charge in [0.15, 0.2) is 28.8 Å². The molecule has 2 atom stereocenters. The average Bonchev–Trinajstić information content (AvgIpc) is 2.94. The zero-order chi connectivity index (χ0) is 29.0. The number of benzene rings is 2. The van der Waals surface area contributed by atoms with Crippen molar-refractivity contribution in [2.75, 3.05) is 34.5 Å². The molecule has 8 heteroatoms. The van der Waals surface area contributed by atoms with Crippen molar-refractivity contribution in [3.63, 3.8) is 0 Å². The molecular formula is C32H39NO7. The minimum atomic E-state index is -0.598. The smallest absolute Gasteiger partial charge is 0.336 e. The molecule has 40 heavy (non-hydrogen) atoms. The van der Waals surface area contributed by atoms with Gasteiger partial charge in [0.25, 0.3) is 0 Å². The predicted octanol–water partition coefficient (Wildman–Crippen LogP) is 5.67. The fraction of sp³-hybridized carbons (Fsp3) is 0.438. The predicted molar refractivity (Wildman–Crippen MR) is 152 cm³/mol. The molecule has 0 bridgehead atoms. The van der Waals surface area contributed by atoms with Gasteiger partial charge in [-0.05, 0) is 67.5 Å². The number of ketones is 1. The summed E-state index contributed by atoms with van der Waals surface area (Å²) in [7, 11) is 4.77. The number of ether oxygens (including phenoxy) is 5. The van der Waals surface area contributed by atoms with E-state index in [1.165, 1.54) is 0 Å². The summed E-state index contributed by atoms with van der Waals surface area (Å²) in [6.45, 7) is 8.52. The average molecular weight is 550 g/mol. The van der Waals surface area contributed by atoms with Crippen LogP contribution in [0.15, 0.2) is 58.9 Å². The lowest BCUT2D eigenvalue weighted by Crippen LogP contribution is -2.36. The van der Waals surface area contributed by atoms with E-state index in [-0.39, 0.29) is 24.2 Å². The number of Topliss-reactive ketones (excluding diaryl/α,β-unsaturated/α-hetero) is 1. The summed E-state index contributed by atoms with van der Waals surface area (Å²) in [6, 6.07) is 11.3. The highest BCUT2D eigenvalue weighted by atomic mass is 16.5. The number of nitrogens with one attached hydrogen (secondary N) is 1. The molecule has 0 radical (unpaired) electrons. The summed E-state index contributed by atoms with van der Waals surface area (Å²) in [5, 5.41) is 3.40. The Bertz CT molecular complexity index is 1340. The molecule has 1 aliphatic heterocycles. The molecule has 2 aromatic carbocycles. The van der Waals surface area contributed by atoms with Crippen molar-refractivity contribution in [2.45, 2.75) is 52.4 Å². The molecule has 0 amide bonds. The summed E-state index contributed by atoms with van der Waals surface area (Å²) in [6.07, 6.45) is 0.904. The molecule has 0 saturated carbocycles. The van der Waals surface area contributed by atoms with Crippen LogP contribution < -0.4 is 24.3 Å². The van der Waals surface area contributed by atoms with Crippen molar-refractivity contribution >= 4 is 11.8 Å². The number of rotatable bonds is 10. The first kappa shape index (κ1) is 29.1. The Labute approximate surface area is 236 Å². The number of carbonyl (C=O) groups excluding carboxylic acids is 2. The Morgan fingerprint density at radius 3 is 2.20 bits per heavy atom. The number of carbonyl (C=O) groups is 2. The Morgan fingerprint density at radius 1 is 0.925 bits per heavy atom. The second kappa shape index (κ2) is 12.5. The van der Waals surface area contributed by atoms with Crippen LogP contribution in [0.25, 0.3) is 0 Å². The molecule has 0 unspecified atom stereocenters.